The van der Waals surface area contributed by atoms with Gasteiger partial charge in [0.15, 0.2) is 0 Å². The van der Waals surface area contributed by atoms with Gasteiger partial charge in [0.25, 0.3) is 0 Å². The molecule has 0 aliphatic heterocycles. The van der Waals surface area contributed by atoms with Gasteiger partial charge in [0.2, 0.25) is 0 Å². The summed E-state index contributed by atoms with van der Waals surface area (Å²) in [6, 6.07) is 1.51. The number of nitrogens with zero attached hydrogens (tertiary/aromatic N) is 3. The van der Waals surface area contributed by atoms with Gasteiger partial charge in [-0.1, -0.05) is 0 Å². The van der Waals surface area contributed by atoms with Crippen molar-refractivity contribution in [3.05, 3.63) is 29.2 Å². The maximum atomic E-state index is 11.7. The Balaban J connectivity index is 1.83. The Hall–Kier alpha value is -1.90. The molecule has 2 heterocycles. The Morgan fingerprint density at radius 1 is 1.48 bits per heavy atom. The minimum absolute atomic E-state index is 0.318. The monoisotopic (exact) mass is 309 g/mol. The van der Waals surface area contributed by atoms with E-state index in [0.717, 1.165) is 5.69 Å². The van der Waals surface area contributed by atoms with Crippen molar-refractivity contribution >= 4 is 28.7 Å². The summed E-state index contributed by atoms with van der Waals surface area (Å²) in [5.41, 5.74) is 1.34. The minimum Gasteiger partial charge on any atom is -0.390 e. The number of likely N-dealkylation sites (N-methyl/N-ethyl adjacent to an activating group) is 1. The number of aliphatic hydroxyl groups excluding tert-OH is 1. The average Bonchev–Trinajstić information content (AvgIpc) is 3.00. The molecule has 0 radical (unpaired) electrons. The molecule has 0 aliphatic rings. The standard InChI is InChI=1S/C13H19N5O2S/c1-17(2)7-12(19)8-18-6-11(5-14-18)16-13(20)15-10-3-4-21-9-10/h3-6,9,12,19H,7-8H2,1-2H3,(H2,15,16,20). The van der Waals surface area contributed by atoms with Gasteiger partial charge in [-0.2, -0.15) is 16.4 Å². The third kappa shape index (κ3) is 5.18. The molecule has 8 heteroatoms. The zero-order valence-corrected chi connectivity index (χ0v) is 12.8. The van der Waals surface area contributed by atoms with Crippen LogP contribution in [0.2, 0.25) is 0 Å². The molecule has 0 fully saturated rings. The molecule has 3 N–H and O–H groups in total. The SMILES string of the molecule is CN(C)CC(O)Cn1cc(NC(=O)Nc2ccsc2)cn1. The molecule has 2 aromatic rings. The summed E-state index contributed by atoms with van der Waals surface area (Å²) in [5, 5.41) is 23.1. The first kappa shape index (κ1) is 15.5. The highest BCUT2D eigenvalue weighted by molar-refractivity contribution is 7.08. The van der Waals surface area contributed by atoms with E-state index in [1.165, 1.54) is 11.3 Å². The Bertz CT molecular complexity index is 567. The number of hydrogen-bond acceptors (Lipinski definition) is 5. The van der Waals surface area contributed by atoms with Gasteiger partial charge in [-0.25, -0.2) is 4.79 Å². The number of rotatable bonds is 6. The molecular weight excluding hydrogens is 290 g/mol. The largest absolute Gasteiger partial charge is 0.390 e. The molecule has 2 rings (SSSR count). The van der Waals surface area contributed by atoms with Crippen LogP contribution in [0.3, 0.4) is 0 Å². The second kappa shape index (κ2) is 7.21. The molecule has 0 saturated carbocycles. The van der Waals surface area contributed by atoms with Gasteiger partial charge < -0.3 is 20.6 Å². The molecule has 7 nitrogen and oxygen atoms in total. The molecule has 0 saturated heterocycles. The fourth-order valence-corrected chi connectivity index (χ4v) is 2.44. The number of urea groups is 1. The maximum absolute atomic E-state index is 11.7. The van der Waals surface area contributed by atoms with E-state index >= 15 is 0 Å². The smallest absolute Gasteiger partial charge is 0.323 e. The van der Waals surface area contributed by atoms with E-state index in [1.807, 2.05) is 35.8 Å². The summed E-state index contributed by atoms with van der Waals surface area (Å²) in [4.78, 5) is 13.7. The number of thiophene rings is 1. The van der Waals surface area contributed by atoms with Crippen LogP contribution in [0, 0.1) is 0 Å². The number of amides is 2. The van der Waals surface area contributed by atoms with E-state index in [0.29, 0.717) is 18.8 Å². The number of aromatic nitrogens is 2. The van der Waals surface area contributed by atoms with Crippen LogP contribution in [-0.4, -0.2) is 52.6 Å². The third-order valence-corrected chi connectivity index (χ3v) is 3.33. The lowest BCUT2D eigenvalue weighted by atomic mass is 10.3. The number of hydrogen-bond donors (Lipinski definition) is 3. The molecule has 0 bridgehead atoms. The molecule has 0 spiro atoms. The van der Waals surface area contributed by atoms with Gasteiger partial charge in [0.1, 0.15) is 0 Å². The molecule has 114 valence electrons. The fraction of sp³-hybridized carbons (Fsp3) is 0.385. The number of aliphatic hydroxyl groups is 1. The van der Waals surface area contributed by atoms with Gasteiger partial charge in [0.05, 0.1) is 30.2 Å². The lowest BCUT2D eigenvalue weighted by Gasteiger charge is -2.15. The van der Waals surface area contributed by atoms with Crippen molar-refractivity contribution in [1.82, 2.24) is 14.7 Å². The van der Waals surface area contributed by atoms with E-state index in [2.05, 4.69) is 15.7 Å². The fourth-order valence-electron chi connectivity index (χ4n) is 1.85. The highest BCUT2D eigenvalue weighted by Crippen LogP contribution is 2.12. The van der Waals surface area contributed by atoms with Crippen LogP contribution in [0.4, 0.5) is 16.2 Å². The van der Waals surface area contributed by atoms with Crippen molar-refractivity contribution < 1.29 is 9.90 Å². The first-order valence-electron chi connectivity index (χ1n) is 6.48. The summed E-state index contributed by atoms with van der Waals surface area (Å²) in [7, 11) is 3.79. The second-order valence-electron chi connectivity index (χ2n) is 4.96. The number of carbonyl (C=O) groups is 1. The van der Waals surface area contributed by atoms with Crippen LogP contribution in [0.1, 0.15) is 0 Å². The van der Waals surface area contributed by atoms with Crippen molar-refractivity contribution in [2.75, 3.05) is 31.3 Å². The quantitative estimate of drug-likeness (QED) is 0.755. The van der Waals surface area contributed by atoms with Gasteiger partial charge in [-0.15, -0.1) is 0 Å². The van der Waals surface area contributed by atoms with E-state index in [1.54, 1.807) is 17.1 Å². The second-order valence-corrected chi connectivity index (χ2v) is 5.74. The third-order valence-electron chi connectivity index (χ3n) is 2.64. The number of nitrogens with one attached hydrogen (secondary N) is 2. The van der Waals surface area contributed by atoms with Gasteiger partial charge in [0, 0.05) is 18.1 Å². The molecular formula is C13H19N5O2S. The Morgan fingerprint density at radius 3 is 2.90 bits per heavy atom. The summed E-state index contributed by atoms with van der Waals surface area (Å²) in [6.07, 6.45) is 2.73. The van der Waals surface area contributed by atoms with Gasteiger partial charge in [-0.3, -0.25) is 4.68 Å². The topological polar surface area (TPSA) is 82.4 Å². The van der Waals surface area contributed by atoms with Crippen molar-refractivity contribution in [2.45, 2.75) is 12.6 Å². The molecule has 1 unspecified atom stereocenters. The predicted octanol–water partition coefficient (Wildman–Crippen LogP) is 1.51. The molecule has 2 amide bonds. The molecule has 0 aliphatic carbocycles. The van der Waals surface area contributed by atoms with Crippen molar-refractivity contribution in [1.29, 1.82) is 0 Å². The molecule has 1 atom stereocenters. The summed E-state index contributed by atoms with van der Waals surface area (Å²) in [6.45, 7) is 0.938. The van der Waals surface area contributed by atoms with Crippen LogP contribution >= 0.6 is 11.3 Å². The van der Waals surface area contributed by atoms with Crippen LogP contribution < -0.4 is 10.6 Å². The van der Waals surface area contributed by atoms with E-state index in [9.17, 15) is 9.90 Å². The number of carbonyl (C=O) groups excluding carboxylic acids is 1. The summed E-state index contributed by atoms with van der Waals surface area (Å²) in [5.74, 6) is 0. The lowest BCUT2D eigenvalue weighted by molar-refractivity contribution is 0.116. The van der Waals surface area contributed by atoms with Gasteiger partial charge in [-0.05, 0) is 25.5 Å². The summed E-state index contributed by atoms with van der Waals surface area (Å²) < 4.78 is 1.61. The number of anilines is 2. The Kier molecular flexibility index (Phi) is 5.32. The first-order chi connectivity index (χ1) is 10.0. The Labute approximate surface area is 127 Å². The molecule has 2 aromatic heterocycles. The highest BCUT2D eigenvalue weighted by Gasteiger charge is 2.09. The van der Waals surface area contributed by atoms with Crippen LogP contribution in [0.25, 0.3) is 0 Å². The van der Waals surface area contributed by atoms with Crippen molar-refractivity contribution in [2.24, 2.45) is 0 Å². The minimum atomic E-state index is -0.507. The maximum Gasteiger partial charge on any atom is 0.323 e. The Morgan fingerprint density at radius 2 is 2.24 bits per heavy atom. The van der Waals surface area contributed by atoms with E-state index in [4.69, 9.17) is 0 Å². The lowest BCUT2D eigenvalue weighted by Crippen LogP contribution is -2.29. The van der Waals surface area contributed by atoms with E-state index < -0.39 is 6.10 Å². The zero-order valence-electron chi connectivity index (χ0n) is 12.0. The van der Waals surface area contributed by atoms with Crippen molar-refractivity contribution in [3.8, 4) is 0 Å². The first-order valence-corrected chi connectivity index (χ1v) is 7.42. The van der Waals surface area contributed by atoms with Crippen LogP contribution in [-0.2, 0) is 6.54 Å². The highest BCUT2D eigenvalue weighted by atomic mass is 32.1. The van der Waals surface area contributed by atoms with Crippen LogP contribution in [0.15, 0.2) is 29.2 Å². The average molecular weight is 309 g/mol. The van der Waals surface area contributed by atoms with Crippen LogP contribution in [0.5, 0.6) is 0 Å². The molecule has 0 aromatic carbocycles. The van der Waals surface area contributed by atoms with E-state index in [-0.39, 0.29) is 6.03 Å². The zero-order chi connectivity index (χ0) is 15.2. The predicted molar refractivity (Wildman–Crippen MR) is 83.7 cm³/mol. The summed E-state index contributed by atoms with van der Waals surface area (Å²) >= 11 is 1.51. The normalized spacial score (nSPS) is 12.4. The molecule has 21 heavy (non-hydrogen) atoms. The van der Waals surface area contributed by atoms with Crippen molar-refractivity contribution in [3.63, 3.8) is 0 Å². The van der Waals surface area contributed by atoms with Gasteiger partial charge >= 0.3 is 6.03 Å².